The minimum atomic E-state index is -0.343. The van der Waals surface area contributed by atoms with E-state index >= 15 is 0 Å². The van der Waals surface area contributed by atoms with Crippen molar-refractivity contribution in [3.05, 3.63) is 34.6 Å². The highest BCUT2D eigenvalue weighted by molar-refractivity contribution is 6.31. The van der Waals surface area contributed by atoms with Crippen LogP contribution in [0.1, 0.15) is 44.1 Å². The lowest BCUT2D eigenvalue weighted by Gasteiger charge is -2.22. The quantitative estimate of drug-likeness (QED) is 0.798. The lowest BCUT2D eigenvalue weighted by molar-refractivity contribution is -0.131. The predicted molar refractivity (Wildman–Crippen MR) is 74.5 cm³/mol. The van der Waals surface area contributed by atoms with Crippen LogP contribution in [0.15, 0.2) is 18.2 Å². The monoisotopic (exact) mass is 283 g/mol. The van der Waals surface area contributed by atoms with Crippen molar-refractivity contribution in [3.63, 3.8) is 0 Å². The van der Waals surface area contributed by atoms with Gasteiger partial charge in [-0.2, -0.15) is 0 Å². The van der Waals surface area contributed by atoms with E-state index in [0.717, 1.165) is 31.4 Å². The van der Waals surface area contributed by atoms with Crippen LogP contribution in [0.3, 0.4) is 0 Å². The zero-order chi connectivity index (χ0) is 13.7. The first-order chi connectivity index (χ1) is 9.16. The van der Waals surface area contributed by atoms with E-state index in [4.69, 9.17) is 11.6 Å². The molecule has 1 fully saturated rings. The maximum Gasteiger partial charge on any atom is 0.222 e. The summed E-state index contributed by atoms with van der Waals surface area (Å²) >= 11 is 6.02. The number of nitrogens with zero attached hydrogens (tertiary/aromatic N) is 1. The van der Waals surface area contributed by atoms with Gasteiger partial charge in [0.1, 0.15) is 5.82 Å². The SMILES string of the molecule is O=C1CCCCCCCN1Cc1ccc(F)cc1Cl. The molecule has 2 nitrogen and oxygen atoms in total. The Balaban J connectivity index is 2.07. The van der Waals surface area contributed by atoms with Crippen LogP contribution in [0.2, 0.25) is 5.02 Å². The van der Waals surface area contributed by atoms with Crippen LogP contribution >= 0.6 is 11.6 Å². The Morgan fingerprint density at radius 1 is 1.16 bits per heavy atom. The molecule has 4 heteroatoms. The number of amides is 1. The summed E-state index contributed by atoms with van der Waals surface area (Å²) in [6.45, 7) is 1.25. The summed E-state index contributed by atoms with van der Waals surface area (Å²) in [5.41, 5.74) is 0.815. The zero-order valence-corrected chi connectivity index (χ0v) is 11.8. The highest BCUT2D eigenvalue weighted by atomic mass is 35.5. The van der Waals surface area contributed by atoms with E-state index in [2.05, 4.69) is 0 Å². The van der Waals surface area contributed by atoms with Crippen LogP contribution in [0.25, 0.3) is 0 Å². The molecule has 0 aromatic heterocycles. The van der Waals surface area contributed by atoms with Gasteiger partial charge in [-0.25, -0.2) is 4.39 Å². The molecule has 0 saturated carbocycles. The molecule has 1 saturated heterocycles. The molecule has 0 aliphatic carbocycles. The van der Waals surface area contributed by atoms with Gasteiger partial charge < -0.3 is 4.90 Å². The predicted octanol–water partition coefficient (Wildman–Crippen LogP) is 4.16. The number of rotatable bonds is 2. The number of carbonyl (C=O) groups is 1. The van der Waals surface area contributed by atoms with E-state index in [1.54, 1.807) is 6.07 Å². The highest BCUT2D eigenvalue weighted by Gasteiger charge is 2.16. The Labute approximate surface area is 118 Å². The first-order valence-corrected chi connectivity index (χ1v) is 7.26. The molecule has 1 aromatic carbocycles. The molecule has 1 aliphatic heterocycles. The van der Waals surface area contributed by atoms with Gasteiger partial charge in [0.25, 0.3) is 0 Å². The molecule has 19 heavy (non-hydrogen) atoms. The van der Waals surface area contributed by atoms with Gasteiger partial charge in [-0.3, -0.25) is 4.79 Å². The smallest absolute Gasteiger partial charge is 0.222 e. The molecule has 1 aromatic rings. The van der Waals surface area contributed by atoms with Crippen molar-refractivity contribution in [1.29, 1.82) is 0 Å². The van der Waals surface area contributed by atoms with E-state index < -0.39 is 0 Å². The first-order valence-electron chi connectivity index (χ1n) is 6.88. The van der Waals surface area contributed by atoms with E-state index in [9.17, 15) is 9.18 Å². The summed E-state index contributed by atoms with van der Waals surface area (Å²) in [7, 11) is 0. The lowest BCUT2D eigenvalue weighted by atomic mass is 10.1. The Hall–Kier alpha value is -1.09. The molecule has 2 rings (SSSR count). The number of halogens is 2. The summed E-state index contributed by atoms with van der Waals surface area (Å²) in [5.74, 6) is -0.160. The van der Waals surface area contributed by atoms with Crippen molar-refractivity contribution in [1.82, 2.24) is 4.90 Å². The van der Waals surface area contributed by atoms with Crippen LogP contribution in [-0.2, 0) is 11.3 Å². The van der Waals surface area contributed by atoms with Crippen molar-refractivity contribution in [2.45, 2.75) is 45.1 Å². The number of hydrogen-bond donors (Lipinski definition) is 0. The molecule has 0 atom stereocenters. The van der Waals surface area contributed by atoms with E-state index in [-0.39, 0.29) is 11.7 Å². The normalized spacial score (nSPS) is 17.8. The Morgan fingerprint density at radius 2 is 1.89 bits per heavy atom. The van der Waals surface area contributed by atoms with Gasteiger partial charge >= 0.3 is 0 Å². The van der Waals surface area contributed by atoms with Crippen LogP contribution in [0.4, 0.5) is 4.39 Å². The van der Waals surface area contributed by atoms with Crippen molar-refractivity contribution in [2.24, 2.45) is 0 Å². The summed E-state index contributed by atoms with van der Waals surface area (Å²) in [5, 5.41) is 0.396. The number of hydrogen-bond acceptors (Lipinski definition) is 1. The summed E-state index contributed by atoms with van der Waals surface area (Å²) in [6, 6.07) is 4.36. The highest BCUT2D eigenvalue weighted by Crippen LogP contribution is 2.21. The number of benzene rings is 1. The lowest BCUT2D eigenvalue weighted by Crippen LogP contribution is -2.31. The second-order valence-corrected chi connectivity index (χ2v) is 5.48. The molecular formula is C15H19ClFNO. The number of carbonyl (C=O) groups excluding carboxylic acids is 1. The average molecular weight is 284 g/mol. The van der Waals surface area contributed by atoms with Gasteiger partial charge in [0.05, 0.1) is 0 Å². The van der Waals surface area contributed by atoms with Gasteiger partial charge in [-0.05, 0) is 30.5 Å². The fourth-order valence-corrected chi connectivity index (χ4v) is 2.64. The molecular weight excluding hydrogens is 265 g/mol. The van der Waals surface area contributed by atoms with Gasteiger partial charge in [0.15, 0.2) is 0 Å². The van der Waals surface area contributed by atoms with Crippen molar-refractivity contribution >= 4 is 17.5 Å². The van der Waals surface area contributed by atoms with Crippen molar-refractivity contribution < 1.29 is 9.18 Å². The first kappa shape index (κ1) is 14.3. The average Bonchev–Trinajstić information content (AvgIpc) is 2.47. The maximum absolute atomic E-state index is 13.0. The third kappa shape index (κ3) is 4.20. The zero-order valence-electron chi connectivity index (χ0n) is 11.0. The van der Waals surface area contributed by atoms with E-state index in [1.807, 2.05) is 4.90 Å². The fourth-order valence-electron chi connectivity index (χ4n) is 2.41. The van der Waals surface area contributed by atoms with Crippen LogP contribution in [0, 0.1) is 5.82 Å². The van der Waals surface area contributed by atoms with Crippen LogP contribution in [0.5, 0.6) is 0 Å². The van der Waals surface area contributed by atoms with Crippen molar-refractivity contribution in [2.75, 3.05) is 6.54 Å². The van der Waals surface area contributed by atoms with Gasteiger partial charge in [0, 0.05) is 24.5 Å². The van der Waals surface area contributed by atoms with Crippen LogP contribution in [-0.4, -0.2) is 17.4 Å². The van der Waals surface area contributed by atoms with Crippen molar-refractivity contribution in [3.8, 4) is 0 Å². The summed E-state index contributed by atoms with van der Waals surface area (Å²) in [4.78, 5) is 14.0. The molecule has 0 N–H and O–H groups in total. The second kappa shape index (κ2) is 6.90. The molecule has 1 aliphatic rings. The molecule has 0 radical (unpaired) electrons. The summed E-state index contributed by atoms with van der Waals surface area (Å²) in [6.07, 6.45) is 6.12. The molecule has 0 unspecified atom stereocenters. The van der Waals surface area contributed by atoms with Gasteiger partial charge in [0.2, 0.25) is 5.91 Å². The van der Waals surface area contributed by atoms with Gasteiger partial charge in [-0.15, -0.1) is 0 Å². The minimum Gasteiger partial charge on any atom is -0.338 e. The Bertz CT molecular complexity index is 450. The summed E-state index contributed by atoms with van der Waals surface area (Å²) < 4.78 is 13.0. The van der Waals surface area contributed by atoms with Crippen LogP contribution < -0.4 is 0 Å². The second-order valence-electron chi connectivity index (χ2n) is 5.07. The topological polar surface area (TPSA) is 20.3 Å². The third-order valence-electron chi connectivity index (χ3n) is 3.55. The molecule has 1 heterocycles. The largest absolute Gasteiger partial charge is 0.338 e. The third-order valence-corrected chi connectivity index (χ3v) is 3.90. The van der Waals surface area contributed by atoms with Gasteiger partial charge in [-0.1, -0.05) is 36.9 Å². The van der Waals surface area contributed by atoms with E-state index in [0.29, 0.717) is 18.0 Å². The molecule has 0 bridgehead atoms. The van der Waals surface area contributed by atoms with E-state index in [1.165, 1.54) is 25.0 Å². The molecule has 1 amide bonds. The standard InChI is InChI=1S/C15H19ClFNO/c16-14-10-13(17)8-7-12(14)11-18-9-5-3-1-2-4-6-15(18)19/h7-8,10H,1-6,9,11H2. The fraction of sp³-hybridized carbons (Fsp3) is 0.533. The molecule has 0 spiro atoms. The Morgan fingerprint density at radius 3 is 2.68 bits per heavy atom. The molecule has 104 valence electrons. The maximum atomic E-state index is 13.0. The minimum absolute atomic E-state index is 0.183. The Kier molecular flexibility index (Phi) is 5.20.